The van der Waals surface area contributed by atoms with Crippen molar-refractivity contribution in [1.82, 2.24) is 14.7 Å². The predicted molar refractivity (Wildman–Crippen MR) is 92.5 cm³/mol. The van der Waals surface area contributed by atoms with E-state index in [2.05, 4.69) is 30.9 Å². The summed E-state index contributed by atoms with van der Waals surface area (Å²) in [4.78, 5) is 27.4. The fraction of sp³-hybridized carbons (Fsp3) is 0.333. The highest BCUT2D eigenvalue weighted by atomic mass is 16.5. The van der Waals surface area contributed by atoms with Gasteiger partial charge in [0.05, 0.1) is 6.42 Å². The van der Waals surface area contributed by atoms with Crippen LogP contribution >= 0.6 is 0 Å². The van der Waals surface area contributed by atoms with Crippen molar-refractivity contribution >= 4 is 17.1 Å². The number of aryl methyl sites for hydroxylation is 1. The number of benzene rings is 1. The van der Waals surface area contributed by atoms with Gasteiger partial charge in [-0.3, -0.25) is 14.2 Å². The summed E-state index contributed by atoms with van der Waals surface area (Å²) < 4.78 is 6.44. The number of nitrogens with zero attached hydrogens (tertiary/aromatic N) is 3. The highest BCUT2D eigenvalue weighted by Crippen LogP contribution is 2.28. The van der Waals surface area contributed by atoms with Gasteiger partial charge in [0, 0.05) is 12.1 Å². The van der Waals surface area contributed by atoms with Crippen molar-refractivity contribution in [3.8, 4) is 11.3 Å². The summed E-state index contributed by atoms with van der Waals surface area (Å²) in [5.74, 6) is -0.977. The van der Waals surface area contributed by atoms with Crippen molar-refractivity contribution in [2.45, 2.75) is 39.2 Å². The molecule has 0 aliphatic heterocycles. The minimum atomic E-state index is -0.977. The summed E-state index contributed by atoms with van der Waals surface area (Å²) in [7, 11) is 0. The molecule has 0 radical (unpaired) electrons. The van der Waals surface area contributed by atoms with E-state index in [4.69, 9.17) is 9.63 Å². The van der Waals surface area contributed by atoms with Crippen molar-refractivity contribution < 1.29 is 14.4 Å². The zero-order valence-corrected chi connectivity index (χ0v) is 14.3. The monoisotopic (exact) mass is 341 g/mol. The van der Waals surface area contributed by atoms with Gasteiger partial charge >= 0.3 is 5.97 Å². The van der Waals surface area contributed by atoms with E-state index in [9.17, 15) is 9.59 Å². The first-order valence-corrected chi connectivity index (χ1v) is 7.95. The van der Waals surface area contributed by atoms with Crippen molar-refractivity contribution in [1.29, 1.82) is 0 Å². The van der Waals surface area contributed by atoms with Crippen molar-refractivity contribution in [2.75, 3.05) is 0 Å². The number of hydrogen-bond donors (Lipinski definition) is 1. The van der Waals surface area contributed by atoms with Gasteiger partial charge in [-0.2, -0.15) is 0 Å². The minimum Gasteiger partial charge on any atom is -0.481 e. The normalized spacial score (nSPS) is 11.8. The highest BCUT2D eigenvalue weighted by molar-refractivity contribution is 5.88. The molecule has 0 saturated carbocycles. The van der Waals surface area contributed by atoms with Crippen molar-refractivity contribution in [3.05, 3.63) is 46.5 Å². The lowest BCUT2D eigenvalue weighted by atomic mass is 9.86. The fourth-order valence-corrected chi connectivity index (χ4v) is 2.58. The molecule has 130 valence electrons. The van der Waals surface area contributed by atoms with Crippen LogP contribution in [0.4, 0.5) is 0 Å². The molecule has 0 amide bonds. The van der Waals surface area contributed by atoms with Crippen LogP contribution in [0.15, 0.2) is 39.9 Å². The second kappa shape index (κ2) is 6.16. The van der Waals surface area contributed by atoms with Gasteiger partial charge in [0.15, 0.2) is 0 Å². The molecule has 2 heterocycles. The summed E-state index contributed by atoms with van der Waals surface area (Å²) >= 11 is 0. The Kier molecular flexibility index (Phi) is 4.16. The quantitative estimate of drug-likeness (QED) is 0.783. The standard InChI is InChI=1S/C18H19N3O4/c1-18(2,3)12-6-4-11(5-7-12)15-14-16(25-20-15)19-10-21(17(14)24)9-8-13(22)23/h4-7,10H,8-9H2,1-3H3,(H,22,23). The number of hydrogen-bond acceptors (Lipinski definition) is 5. The average molecular weight is 341 g/mol. The van der Waals surface area contributed by atoms with Gasteiger partial charge in [-0.25, -0.2) is 4.98 Å². The van der Waals surface area contributed by atoms with Gasteiger partial charge in [0.25, 0.3) is 11.3 Å². The van der Waals surface area contributed by atoms with Crippen LogP contribution in [0.1, 0.15) is 32.8 Å². The maximum atomic E-state index is 12.7. The first kappa shape index (κ1) is 16.9. The van der Waals surface area contributed by atoms with E-state index in [0.717, 1.165) is 5.56 Å². The van der Waals surface area contributed by atoms with Crippen LogP contribution in [0.5, 0.6) is 0 Å². The Morgan fingerprint density at radius 1 is 1.24 bits per heavy atom. The number of carboxylic acid groups (broad SMARTS) is 1. The van der Waals surface area contributed by atoms with E-state index >= 15 is 0 Å². The molecule has 0 spiro atoms. The Balaban J connectivity index is 2.06. The van der Waals surface area contributed by atoms with Gasteiger partial charge in [-0.05, 0) is 11.0 Å². The molecule has 0 bridgehead atoms. The zero-order valence-electron chi connectivity index (χ0n) is 14.3. The molecular formula is C18H19N3O4. The Labute approximate surface area is 143 Å². The first-order chi connectivity index (χ1) is 11.8. The van der Waals surface area contributed by atoms with Crippen molar-refractivity contribution in [2.24, 2.45) is 0 Å². The van der Waals surface area contributed by atoms with Gasteiger partial charge in [0.1, 0.15) is 17.4 Å². The molecular weight excluding hydrogens is 322 g/mol. The Hall–Kier alpha value is -2.96. The summed E-state index contributed by atoms with van der Waals surface area (Å²) in [6.45, 7) is 6.42. The maximum absolute atomic E-state index is 12.7. The topological polar surface area (TPSA) is 98.2 Å². The van der Waals surface area contributed by atoms with Crippen LogP contribution in [-0.2, 0) is 16.8 Å². The second-order valence-electron chi connectivity index (χ2n) is 6.93. The molecule has 7 nitrogen and oxygen atoms in total. The van der Waals surface area contributed by atoms with Crippen LogP contribution in [0.2, 0.25) is 0 Å². The van der Waals surface area contributed by atoms with E-state index in [0.29, 0.717) is 5.69 Å². The molecule has 0 fully saturated rings. The molecule has 1 N–H and O–H groups in total. The Bertz CT molecular complexity index is 978. The van der Waals surface area contributed by atoms with Gasteiger partial charge < -0.3 is 9.63 Å². The summed E-state index contributed by atoms with van der Waals surface area (Å²) in [5, 5.41) is 13.0. The van der Waals surface area contributed by atoms with Gasteiger partial charge in [-0.1, -0.05) is 50.2 Å². The molecule has 3 rings (SSSR count). The summed E-state index contributed by atoms with van der Waals surface area (Å²) in [5.41, 5.74) is 2.14. The number of rotatable bonds is 4. The molecule has 0 aliphatic rings. The lowest BCUT2D eigenvalue weighted by Crippen LogP contribution is -2.21. The predicted octanol–water partition coefficient (Wildman–Crippen LogP) is 2.82. The van der Waals surface area contributed by atoms with Crippen LogP contribution in [-0.4, -0.2) is 25.8 Å². The molecule has 2 aromatic heterocycles. The Morgan fingerprint density at radius 3 is 2.52 bits per heavy atom. The smallest absolute Gasteiger partial charge is 0.305 e. The maximum Gasteiger partial charge on any atom is 0.305 e. The lowest BCUT2D eigenvalue weighted by molar-refractivity contribution is -0.137. The number of aliphatic carboxylic acids is 1. The summed E-state index contributed by atoms with van der Waals surface area (Å²) in [6, 6.07) is 7.78. The van der Waals surface area contributed by atoms with E-state index in [1.165, 1.54) is 16.5 Å². The van der Waals surface area contributed by atoms with Crippen LogP contribution in [0.25, 0.3) is 22.4 Å². The van der Waals surface area contributed by atoms with Crippen LogP contribution in [0, 0.1) is 0 Å². The molecule has 25 heavy (non-hydrogen) atoms. The second-order valence-corrected chi connectivity index (χ2v) is 6.93. The molecule has 7 heteroatoms. The molecule has 0 atom stereocenters. The third kappa shape index (κ3) is 3.31. The van der Waals surface area contributed by atoms with E-state index in [-0.39, 0.29) is 35.0 Å². The zero-order chi connectivity index (χ0) is 18.2. The van der Waals surface area contributed by atoms with Crippen LogP contribution in [0.3, 0.4) is 0 Å². The van der Waals surface area contributed by atoms with Crippen molar-refractivity contribution in [3.63, 3.8) is 0 Å². The average Bonchev–Trinajstić information content (AvgIpc) is 2.98. The number of aromatic nitrogens is 3. The Morgan fingerprint density at radius 2 is 1.92 bits per heavy atom. The SMILES string of the molecule is CC(C)(C)c1ccc(-c2noc3ncn(CCC(=O)O)c(=O)c23)cc1. The van der Waals surface area contributed by atoms with E-state index in [1.807, 2.05) is 24.3 Å². The minimum absolute atomic E-state index is 0.0233. The molecule has 0 unspecified atom stereocenters. The fourth-order valence-electron chi connectivity index (χ4n) is 2.58. The van der Waals surface area contributed by atoms with E-state index in [1.54, 1.807) is 0 Å². The highest BCUT2D eigenvalue weighted by Gasteiger charge is 2.18. The van der Waals surface area contributed by atoms with Gasteiger partial charge in [0.2, 0.25) is 0 Å². The number of carboxylic acids is 1. The van der Waals surface area contributed by atoms with Crippen LogP contribution < -0.4 is 5.56 Å². The summed E-state index contributed by atoms with van der Waals surface area (Å²) in [6.07, 6.45) is 1.12. The van der Waals surface area contributed by atoms with E-state index < -0.39 is 5.97 Å². The number of fused-ring (bicyclic) bond motifs is 1. The molecule has 3 aromatic rings. The largest absolute Gasteiger partial charge is 0.481 e. The third-order valence-corrected chi connectivity index (χ3v) is 4.05. The number of carbonyl (C=O) groups is 1. The molecule has 1 aromatic carbocycles. The van der Waals surface area contributed by atoms with Gasteiger partial charge in [-0.15, -0.1) is 0 Å². The molecule has 0 aliphatic carbocycles. The third-order valence-electron chi connectivity index (χ3n) is 4.05. The lowest BCUT2D eigenvalue weighted by Gasteiger charge is -2.18. The first-order valence-electron chi connectivity index (χ1n) is 7.95. The molecule has 0 saturated heterocycles.